The van der Waals surface area contributed by atoms with Gasteiger partial charge in [0, 0.05) is 13.0 Å². The topological polar surface area (TPSA) is 132 Å². The molecule has 4 rings (SSSR count). The Morgan fingerprint density at radius 3 is 2.33 bits per heavy atom. The van der Waals surface area contributed by atoms with Gasteiger partial charge in [0.25, 0.3) is 0 Å². The van der Waals surface area contributed by atoms with Gasteiger partial charge in [-0.3, -0.25) is 9.59 Å². The molecule has 0 radical (unpaired) electrons. The smallest absolute Gasteiger partial charge is 0.417 e. The van der Waals surface area contributed by atoms with Crippen LogP contribution in [0.15, 0.2) is 71.2 Å². The molecule has 2 N–H and O–H groups in total. The van der Waals surface area contributed by atoms with E-state index in [1.807, 2.05) is 60.7 Å². The average Bonchev–Trinajstić information content (AvgIpc) is 3.29. The van der Waals surface area contributed by atoms with E-state index in [-0.39, 0.29) is 37.1 Å². The van der Waals surface area contributed by atoms with Crippen LogP contribution in [0.25, 0.3) is 0 Å². The molecule has 2 aromatic rings. The monoisotopic (exact) mass is 645 g/mol. The predicted molar refractivity (Wildman–Crippen MR) is 155 cm³/mol. The van der Waals surface area contributed by atoms with Gasteiger partial charge >= 0.3 is 6.09 Å². The number of benzene rings is 2. The fourth-order valence-corrected chi connectivity index (χ4v) is 5.64. The summed E-state index contributed by atoms with van der Waals surface area (Å²) in [7, 11) is 0. The number of nitrogens with zero attached hydrogens (tertiary/aromatic N) is 1. The van der Waals surface area contributed by atoms with Gasteiger partial charge in [-0.05, 0) is 52.9 Å². The number of halogens is 1. The van der Waals surface area contributed by atoms with Gasteiger partial charge in [-0.25, -0.2) is 9.69 Å². The summed E-state index contributed by atoms with van der Waals surface area (Å²) in [6.07, 6.45) is -1.02. The first-order valence-corrected chi connectivity index (χ1v) is 14.7. The van der Waals surface area contributed by atoms with E-state index in [4.69, 9.17) is 24.1 Å². The Balaban J connectivity index is 1.52. The van der Waals surface area contributed by atoms with Crippen molar-refractivity contribution in [3.63, 3.8) is 0 Å². The highest BCUT2D eigenvalue weighted by Gasteiger charge is 2.51. The molecule has 2 aliphatic rings. The number of aliphatic hydroxyl groups excluding tert-OH is 1. The number of carbonyl (C=O) groups is 3. The molecule has 42 heavy (non-hydrogen) atoms. The van der Waals surface area contributed by atoms with Crippen molar-refractivity contribution in [2.24, 2.45) is 5.92 Å². The number of rotatable bonds is 14. The lowest BCUT2D eigenvalue weighted by Gasteiger charge is -2.38. The van der Waals surface area contributed by atoms with Gasteiger partial charge in [0.15, 0.2) is 11.6 Å². The van der Waals surface area contributed by atoms with Gasteiger partial charge in [-0.2, -0.15) is 0 Å². The molecule has 0 aliphatic carbocycles. The largest absolute Gasteiger partial charge is 0.439 e. The third-order valence-electron chi connectivity index (χ3n) is 7.27. The first kappa shape index (κ1) is 32.0. The lowest BCUT2D eigenvalue weighted by atomic mass is 9.87. The van der Waals surface area contributed by atoms with Crippen LogP contribution in [0.1, 0.15) is 37.0 Å². The molecule has 5 atom stereocenters. The number of hydrogen-bond donors (Lipinski definition) is 2. The van der Waals surface area contributed by atoms with Crippen molar-refractivity contribution in [1.82, 2.24) is 4.90 Å². The summed E-state index contributed by atoms with van der Waals surface area (Å²) in [5, 5.41) is 20.2. The molecule has 2 aliphatic heterocycles. The minimum absolute atomic E-state index is 0.0656. The molecular weight excluding hydrogens is 610 g/mol. The van der Waals surface area contributed by atoms with Crippen molar-refractivity contribution in [3.8, 4) is 0 Å². The Morgan fingerprint density at radius 1 is 1.02 bits per heavy atom. The standard InChI is InChI=1S/C31H36BrNO9/c1-21-27(23-11-6-3-7-12-23)41-30(37)33(21)29(36)24(19-22-9-4-2-5-10-22)28-25(35)20-26(32)31(38,42-28)13-8-15-39-17-18-40-16-14-34/h2-7,9-12,20-21,24,27-28,34,38H,8,13-19H2,1H3. The van der Waals surface area contributed by atoms with E-state index in [9.17, 15) is 19.5 Å². The first-order valence-electron chi connectivity index (χ1n) is 14.0. The molecule has 2 heterocycles. The van der Waals surface area contributed by atoms with Crippen molar-refractivity contribution < 1.29 is 43.5 Å². The van der Waals surface area contributed by atoms with E-state index >= 15 is 0 Å². The summed E-state index contributed by atoms with van der Waals surface area (Å²) in [6.45, 7) is 2.83. The van der Waals surface area contributed by atoms with Crippen molar-refractivity contribution in [2.45, 2.75) is 50.2 Å². The van der Waals surface area contributed by atoms with Gasteiger partial charge in [-0.1, -0.05) is 60.7 Å². The fourth-order valence-electron chi connectivity index (χ4n) is 5.12. The number of imide groups is 1. The van der Waals surface area contributed by atoms with Gasteiger partial charge in [0.2, 0.25) is 5.91 Å². The Morgan fingerprint density at radius 2 is 1.67 bits per heavy atom. The van der Waals surface area contributed by atoms with Gasteiger partial charge in [-0.15, -0.1) is 0 Å². The molecule has 10 nitrogen and oxygen atoms in total. The number of cyclic esters (lactones) is 1. The molecule has 0 bridgehead atoms. The lowest BCUT2D eigenvalue weighted by Crippen LogP contribution is -2.53. The van der Waals surface area contributed by atoms with Crippen LogP contribution in [0.4, 0.5) is 4.79 Å². The zero-order valence-electron chi connectivity index (χ0n) is 23.4. The van der Waals surface area contributed by atoms with Crippen LogP contribution in [0.2, 0.25) is 0 Å². The maximum atomic E-state index is 14.1. The molecule has 226 valence electrons. The molecule has 1 fully saturated rings. The number of carbonyl (C=O) groups excluding carboxylic acids is 3. The Kier molecular flexibility index (Phi) is 11.4. The molecule has 0 spiro atoms. The second kappa shape index (κ2) is 15.0. The summed E-state index contributed by atoms with van der Waals surface area (Å²) < 4.78 is 22.5. The second-order valence-electron chi connectivity index (χ2n) is 10.2. The van der Waals surface area contributed by atoms with Crippen LogP contribution in [-0.4, -0.2) is 83.9 Å². The minimum Gasteiger partial charge on any atom is -0.439 e. The maximum absolute atomic E-state index is 14.1. The zero-order chi connectivity index (χ0) is 30.1. The van der Waals surface area contributed by atoms with E-state index in [1.165, 1.54) is 6.08 Å². The second-order valence-corrected chi connectivity index (χ2v) is 11.1. The molecule has 2 amide bonds. The highest BCUT2D eigenvalue weighted by atomic mass is 79.9. The van der Waals surface area contributed by atoms with Crippen LogP contribution >= 0.6 is 15.9 Å². The summed E-state index contributed by atoms with van der Waals surface area (Å²) >= 11 is 3.27. The van der Waals surface area contributed by atoms with Crippen LogP contribution in [0, 0.1) is 5.92 Å². The van der Waals surface area contributed by atoms with Crippen molar-refractivity contribution in [3.05, 3.63) is 82.3 Å². The van der Waals surface area contributed by atoms with E-state index in [2.05, 4.69) is 15.9 Å². The predicted octanol–water partition coefficient (Wildman–Crippen LogP) is 3.69. The van der Waals surface area contributed by atoms with Gasteiger partial charge in [0.1, 0.15) is 12.2 Å². The van der Waals surface area contributed by atoms with Crippen molar-refractivity contribution in [1.29, 1.82) is 0 Å². The number of aliphatic hydroxyl groups is 2. The van der Waals surface area contributed by atoms with Gasteiger partial charge in [0.05, 0.1) is 42.9 Å². The van der Waals surface area contributed by atoms with Crippen LogP contribution in [-0.2, 0) is 35.0 Å². The molecule has 11 heteroatoms. The van der Waals surface area contributed by atoms with E-state index in [0.717, 1.165) is 16.0 Å². The van der Waals surface area contributed by atoms with E-state index in [1.54, 1.807) is 6.92 Å². The maximum Gasteiger partial charge on any atom is 0.417 e. The van der Waals surface area contributed by atoms with Gasteiger partial charge < -0.3 is 29.2 Å². The summed E-state index contributed by atoms with van der Waals surface area (Å²) in [5.74, 6) is -4.12. The molecule has 1 saturated heterocycles. The number of amides is 2. The third-order valence-corrected chi connectivity index (χ3v) is 8.12. The van der Waals surface area contributed by atoms with Crippen molar-refractivity contribution >= 4 is 33.7 Å². The van der Waals surface area contributed by atoms with Crippen molar-refractivity contribution in [2.75, 3.05) is 33.0 Å². The fraction of sp³-hybridized carbons (Fsp3) is 0.452. The summed E-state index contributed by atoms with van der Waals surface area (Å²) in [6, 6.07) is 17.6. The molecular formula is C31H36BrNO9. The normalized spacial score (nSPS) is 24.8. The third kappa shape index (κ3) is 7.71. The number of ether oxygens (including phenoxy) is 4. The average molecular weight is 647 g/mol. The molecule has 2 aromatic carbocycles. The first-order chi connectivity index (χ1) is 20.2. The summed E-state index contributed by atoms with van der Waals surface area (Å²) in [4.78, 5) is 41.5. The van der Waals surface area contributed by atoms with Crippen LogP contribution in [0.5, 0.6) is 0 Å². The highest BCUT2D eigenvalue weighted by Crippen LogP contribution is 2.39. The Labute approximate surface area is 253 Å². The Bertz CT molecular complexity index is 1240. The SMILES string of the molecule is CC1C(c2ccccc2)OC(=O)N1C(=O)C(Cc1ccccc1)C1OC(O)(CCCOCCOCCO)C(Br)=CC1=O. The van der Waals surface area contributed by atoms with Crippen LogP contribution < -0.4 is 0 Å². The van der Waals surface area contributed by atoms with E-state index < -0.39 is 47.7 Å². The number of hydrogen-bond acceptors (Lipinski definition) is 9. The molecule has 0 aromatic heterocycles. The van der Waals surface area contributed by atoms with Crippen LogP contribution in [0.3, 0.4) is 0 Å². The highest BCUT2D eigenvalue weighted by molar-refractivity contribution is 9.11. The Hall–Kier alpha value is -2.93. The quantitative estimate of drug-likeness (QED) is 0.295. The minimum atomic E-state index is -1.88. The zero-order valence-corrected chi connectivity index (χ0v) is 25.0. The van der Waals surface area contributed by atoms with E-state index in [0.29, 0.717) is 19.6 Å². The number of ketones is 1. The lowest BCUT2D eigenvalue weighted by molar-refractivity contribution is -0.218. The molecule has 0 saturated carbocycles. The summed E-state index contributed by atoms with van der Waals surface area (Å²) in [5.41, 5.74) is 1.52. The molecule has 5 unspecified atom stereocenters.